The van der Waals surface area contributed by atoms with Crippen LogP contribution in [0.3, 0.4) is 0 Å². The highest BCUT2D eigenvalue weighted by Crippen LogP contribution is 2.60. The summed E-state index contributed by atoms with van der Waals surface area (Å²) in [6, 6.07) is 1.24. The van der Waals surface area contributed by atoms with Crippen LogP contribution in [0, 0.1) is 5.92 Å². The van der Waals surface area contributed by atoms with Crippen molar-refractivity contribution < 1.29 is 71.4 Å². The van der Waals surface area contributed by atoms with Gasteiger partial charge >= 0.3 is 33.3 Å². The smallest absolute Gasteiger partial charge is 0.462 e. The lowest BCUT2D eigenvalue weighted by Crippen LogP contribution is -2.36. The molecule has 1 aliphatic heterocycles. The zero-order valence-electron chi connectivity index (χ0n) is 44.2. The molecule has 1 aliphatic rings. The van der Waals surface area contributed by atoms with Crippen LogP contribution in [0.1, 0.15) is 181 Å². The number of hydrogen-bond acceptors (Lipinski definition) is 16. The molecule has 0 spiro atoms. The first-order valence-electron chi connectivity index (χ1n) is 26.8. The summed E-state index contributed by atoms with van der Waals surface area (Å²) >= 11 is 0. The molecule has 8 atom stereocenters. The molecule has 0 radical (unpaired) electrons. The number of phosphoric acid groups is 2. The number of hydrogen-bond donors (Lipinski definition) is 6. The van der Waals surface area contributed by atoms with E-state index in [4.69, 9.17) is 29.0 Å². The molecule has 19 nitrogen and oxygen atoms in total. The number of unbranched alkanes of at least 4 members (excludes halogenated alkanes) is 15. The summed E-state index contributed by atoms with van der Waals surface area (Å²) in [6.45, 7) is 4.20. The molecule has 21 heteroatoms. The van der Waals surface area contributed by atoms with Gasteiger partial charge in [-0.1, -0.05) is 178 Å². The molecule has 0 amide bonds. The van der Waals surface area contributed by atoms with Crippen LogP contribution in [0.15, 0.2) is 77.8 Å². The van der Waals surface area contributed by atoms with Gasteiger partial charge in [0, 0.05) is 19.0 Å². The van der Waals surface area contributed by atoms with Gasteiger partial charge < -0.3 is 45.1 Å². The summed E-state index contributed by atoms with van der Waals surface area (Å²) in [5.41, 5.74) is 4.58. The van der Waals surface area contributed by atoms with E-state index in [1.807, 2.05) is 61.6 Å². The van der Waals surface area contributed by atoms with Crippen molar-refractivity contribution in [1.29, 1.82) is 0 Å². The first-order chi connectivity index (χ1) is 35.4. The van der Waals surface area contributed by atoms with Gasteiger partial charge in [0.1, 0.15) is 30.7 Å². The minimum Gasteiger partial charge on any atom is -0.462 e. The number of carbonyl (C=O) groups is 2. The standard InChI is InChI=1S/C53H89N3O16P2/c1-4-5-34-44(57)35-30-26-22-18-14-11-12-15-19-23-27-31-36-48(58)67-40-45(70-49(59)37-32-28-24-20-16-10-8-6-7-9-13-17-21-25-29-33-43(2)3)41-68-73(63,64)72-74(65,66)69-42-46-50(60)51(61)52(71-46)56-39-38-47(54)55-53(56)62/h5,11-12,18-19,22-23,26,30,34,38-39,43-46,50-52,57,60-61H,4,6-10,13-17,20-21,24-25,27-29,31-33,35-37,40-42H2,1-3H3,(H,63,64)(H,65,66)(H2,54,55,62)/b12-11-,22-18-,23-19-,30-26+,34-5-/t44?,45-,46-,50-,51-,52-/m1/s1. The lowest BCUT2D eigenvalue weighted by Gasteiger charge is -2.21. The molecule has 0 aliphatic carbocycles. The average molecular weight is 1090 g/mol. The first-order valence-corrected chi connectivity index (χ1v) is 29.8. The third-order valence-electron chi connectivity index (χ3n) is 11.9. The van der Waals surface area contributed by atoms with Gasteiger partial charge in [-0.3, -0.25) is 23.2 Å². The van der Waals surface area contributed by atoms with E-state index in [0.29, 0.717) is 32.1 Å². The number of nitrogen functional groups attached to an aromatic ring is 1. The Bertz CT molecular complexity index is 2010. The predicted molar refractivity (Wildman–Crippen MR) is 285 cm³/mol. The van der Waals surface area contributed by atoms with E-state index in [1.54, 1.807) is 6.08 Å². The molecule has 7 N–H and O–H groups in total. The Hall–Kier alpha value is -3.58. The summed E-state index contributed by atoms with van der Waals surface area (Å²) in [5, 5.41) is 30.7. The fraction of sp³-hybridized carbons (Fsp3) is 0.698. The number of ether oxygens (including phenoxy) is 3. The lowest BCUT2D eigenvalue weighted by atomic mass is 10.0. The van der Waals surface area contributed by atoms with Gasteiger partial charge in [-0.2, -0.15) is 9.29 Å². The fourth-order valence-electron chi connectivity index (χ4n) is 7.73. The third-order valence-corrected chi connectivity index (χ3v) is 14.5. The number of aromatic nitrogens is 2. The minimum absolute atomic E-state index is 0.0298. The number of rotatable bonds is 43. The summed E-state index contributed by atoms with van der Waals surface area (Å²) in [7, 11) is -10.9. The molecule has 1 aromatic heterocycles. The van der Waals surface area contributed by atoms with E-state index in [0.717, 1.165) is 55.2 Å². The quantitative estimate of drug-likeness (QED) is 0.0117. The van der Waals surface area contributed by atoms with Crippen molar-refractivity contribution in [3.05, 3.63) is 83.5 Å². The Balaban J connectivity index is 1.81. The average Bonchev–Trinajstić information content (AvgIpc) is 3.62. The molecular weight excluding hydrogens is 997 g/mol. The van der Waals surface area contributed by atoms with Crippen LogP contribution in [-0.4, -0.2) is 96.9 Å². The number of carbonyl (C=O) groups excluding carboxylic acids is 2. The summed E-state index contributed by atoms with van der Waals surface area (Å²) in [5.74, 6) is -0.597. The molecule has 0 bridgehead atoms. The van der Waals surface area contributed by atoms with Crippen LogP contribution in [0.5, 0.6) is 0 Å². The van der Waals surface area contributed by atoms with Gasteiger partial charge in [0.25, 0.3) is 0 Å². The molecule has 2 rings (SSSR count). The molecule has 2 heterocycles. The Morgan fingerprint density at radius 1 is 0.757 bits per heavy atom. The number of aliphatic hydroxyl groups is 3. The second-order valence-corrected chi connectivity index (χ2v) is 22.1. The third kappa shape index (κ3) is 32.8. The summed E-state index contributed by atoms with van der Waals surface area (Å²) in [6.07, 6.45) is 35.1. The molecule has 3 unspecified atom stereocenters. The normalized spacial score (nSPS) is 19.9. The molecule has 0 aromatic carbocycles. The Kier molecular flexibility index (Phi) is 35.7. The maximum atomic E-state index is 12.9. The highest BCUT2D eigenvalue weighted by Gasteiger charge is 2.46. The number of nitrogens with two attached hydrogens (primary N) is 1. The number of aliphatic hydroxyl groups excluding tert-OH is 3. The number of esters is 2. The van der Waals surface area contributed by atoms with Gasteiger partial charge in [-0.15, -0.1) is 0 Å². The zero-order chi connectivity index (χ0) is 54.5. The monoisotopic (exact) mass is 1090 g/mol. The number of phosphoric ester groups is 2. The predicted octanol–water partition coefficient (Wildman–Crippen LogP) is 10.3. The van der Waals surface area contributed by atoms with E-state index in [1.165, 1.54) is 76.7 Å². The Labute approximate surface area is 439 Å². The number of anilines is 1. The number of nitrogens with zero attached hydrogens (tertiary/aromatic N) is 2. The topological polar surface area (TPSA) is 286 Å². The summed E-state index contributed by atoms with van der Waals surface area (Å²) in [4.78, 5) is 62.0. The SMILES string of the molecule is CC/C=C\C(O)C/C=C/C=C\C/C=C\C/C=C\CCCC(=O)OC[C@H](COP(=O)(O)OP(=O)(O)OC[C@H]1O[C@@H](n2ccc(N)nc2=O)[C@H](O)[C@@H]1O)OC(=O)CCCCCCCCCCCCCCCCCC(C)C. The van der Waals surface area contributed by atoms with Gasteiger partial charge in [0.05, 0.1) is 19.3 Å². The van der Waals surface area contributed by atoms with Gasteiger partial charge in [0.15, 0.2) is 12.3 Å². The Morgan fingerprint density at radius 2 is 1.32 bits per heavy atom. The van der Waals surface area contributed by atoms with E-state index >= 15 is 0 Å². The van der Waals surface area contributed by atoms with Crippen LogP contribution in [0.2, 0.25) is 0 Å². The molecular formula is C53H89N3O16P2. The van der Waals surface area contributed by atoms with Crippen LogP contribution in [0.4, 0.5) is 5.82 Å². The minimum atomic E-state index is -5.45. The highest BCUT2D eigenvalue weighted by atomic mass is 31.3. The van der Waals surface area contributed by atoms with Gasteiger partial charge in [-0.25, -0.2) is 13.9 Å². The van der Waals surface area contributed by atoms with E-state index in [2.05, 4.69) is 23.1 Å². The van der Waals surface area contributed by atoms with Crippen LogP contribution in [-0.2, 0) is 46.3 Å². The molecule has 422 valence electrons. The maximum absolute atomic E-state index is 12.9. The van der Waals surface area contributed by atoms with E-state index in [-0.39, 0.29) is 18.7 Å². The van der Waals surface area contributed by atoms with Crippen molar-refractivity contribution in [2.45, 2.75) is 212 Å². The van der Waals surface area contributed by atoms with Gasteiger partial charge in [-0.05, 0) is 56.9 Å². The van der Waals surface area contributed by atoms with Gasteiger partial charge in [0.2, 0.25) is 0 Å². The molecule has 74 heavy (non-hydrogen) atoms. The van der Waals surface area contributed by atoms with Crippen molar-refractivity contribution in [3.8, 4) is 0 Å². The lowest BCUT2D eigenvalue weighted by molar-refractivity contribution is -0.161. The Morgan fingerprint density at radius 3 is 1.95 bits per heavy atom. The summed E-state index contributed by atoms with van der Waals surface area (Å²) < 4.78 is 56.8. The second-order valence-electron chi connectivity index (χ2n) is 19.0. The van der Waals surface area contributed by atoms with Crippen molar-refractivity contribution in [1.82, 2.24) is 9.55 Å². The molecule has 1 saturated heterocycles. The molecule has 1 fully saturated rings. The highest BCUT2D eigenvalue weighted by molar-refractivity contribution is 7.61. The molecule has 0 saturated carbocycles. The van der Waals surface area contributed by atoms with E-state index in [9.17, 15) is 48.6 Å². The van der Waals surface area contributed by atoms with E-state index < -0.39 is 89.8 Å². The van der Waals surface area contributed by atoms with Crippen LogP contribution < -0.4 is 11.4 Å². The van der Waals surface area contributed by atoms with Crippen LogP contribution in [0.25, 0.3) is 0 Å². The van der Waals surface area contributed by atoms with Crippen molar-refractivity contribution in [2.75, 3.05) is 25.6 Å². The number of allylic oxidation sites excluding steroid dienone is 8. The maximum Gasteiger partial charge on any atom is 0.481 e. The van der Waals surface area contributed by atoms with Crippen molar-refractivity contribution >= 4 is 33.4 Å². The zero-order valence-corrected chi connectivity index (χ0v) is 45.9. The fourth-order valence-corrected chi connectivity index (χ4v) is 9.84. The first kappa shape index (κ1) is 66.5. The largest absolute Gasteiger partial charge is 0.481 e. The molecule has 1 aromatic rings. The van der Waals surface area contributed by atoms with Crippen molar-refractivity contribution in [2.24, 2.45) is 5.92 Å². The van der Waals surface area contributed by atoms with Crippen LogP contribution >= 0.6 is 15.6 Å². The van der Waals surface area contributed by atoms with Crippen molar-refractivity contribution in [3.63, 3.8) is 0 Å². The second kappa shape index (κ2) is 39.7.